The molecular formula is C38H40OP2. The van der Waals surface area contributed by atoms with E-state index in [0.717, 1.165) is 18.3 Å². The van der Waals surface area contributed by atoms with Gasteiger partial charge in [0.05, 0.1) is 0 Å². The van der Waals surface area contributed by atoms with Crippen molar-refractivity contribution >= 4 is 32.4 Å². The lowest BCUT2D eigenvalue weighted by molar-refractivity contribution is 0.299. The Bertz CT molecular complexity index is 1510. The van der Waals surface area contributed by atoms with Gasteiger partial charge in [0.25, 0.3) is 0 Å². The Morgan fingerprint density at radius 3 is 1.93 bits per heavy atom. The smallest absolute Gasteiger partial charge is 0.123 e. The van der Waals surface area contributed by atoms with Gasteiger partial charge in [0.15, 0.2) is 0 Å². The number of hydrogen-bond donors (Lipinski definition) is 0. The van der Waals surface area contributed by atoms with Gasteiger partial charge in [-0.1, -0.05) is 149 Å². The van der Waals surface area contributed by atoms with Crippen molar-refractivity contribution in [2.45, 2.75) is 52.0 Å². The quantitative estimate of drug-likeness (QED) is 0.143. The van der Waals surface area contributed by atoms with E-state index in [0.29, 0.717) is 15.2 Å². The number of hydrogen-bond acceptors (Lipinski definition) is 1. The first-order valence-electron chi connectivity index (χ1n) is 14.5. The average molecular weight is 575 g/mol. The SMILES string of the molecule is CCC(C)(Pc1c(C)cccc1CP(c1ccccc1)c1ccccc1)c1cc(C)ccc1OCc1ccccc1. The van der Waals surface area contributed by atoms with E-state index in [1.54, 1.807) is 0 Å². The lowest BCUT2D eigenvalue weighted by atomic mass is 9.95. The first-order chi connectivity index (χ1) is 20.0. The molecular weight excluding hydrogens is 534 g/mol. The first kappa shape index (κ1) is 29.3. The Morgan fingerprint density at radius 2 is 1.32 bits per heavy atom. The van der Waals surface area contributed by atoms with Crippen LogP contribution in [0.15, 0.2) is 127 Å². The minimum absolute atomic E-state index is 0.0405. The van der Waals surface area contributed by atoms with Crippen LogP contribution in [0.5, 0.6) is 5.75 Å². The standard InChI is InChI=1S/C38H40OP2/c1-5-38(4,35-26-29(2)24-25-36(35)39-27-31-17-9-6-10-18-31)40-37-30(3)16-15-19-32(37)28-41(33-20-11-7-12-21-33)34-22-13-8-14-23-34/h6-26,40H,5,27-28H2,1-4H3. The molecule has 5 rings (SSSR count). The Hall–Kier alpha value is -3.24. The molecule has 0 bridgehead atoms. The molecule has 0 amide bonds. The molecule has 0 N–H and O–H groups in total. The second-order valence-corrected chi connectivity index (χ2v) is 15.0. The largest absolute Gasteiger partial charge is 0.489 e. The van der Waals surface area contributed by atoms with E-state index in [1.165, 1.54) is 43.7 Å². The van der Waals surface area contributed by atoms with Crippen molar-refractivity contribution in [3.8, 4) is 5.75 Å². The summed E-state index contributed by atoms with van der Waals surface area (Å²) in [5.74, 6) is 1.00. The van der Waals surface area contributed by atoms with Crippen molar-refractivity contribution in [3.63, 3.8) is 0 Å². The third-order valence-electron chi connectivity index (χ3n) is 7.90. The highest BCUT2D eigenvalue weighted by atomic mass is 31.1. The molecule has 5 aromatic carbocycles. The molecule has 208 valence electrons. The molecule has 5 aromatic rings. The molecule has 0 aromatic heterocycles. The van der Waals surface area contributed by atoms with Crippen molar-refractivity contribution in [1.29, 1.82) is 0 Å². The zero-order valence-electron chi connectivity index (χ0n) is 24.6. The summed E-state index contributed by atoms with van der Waals surface area (Å²) in [5, 5.41) is 4.32. The molecule has 41 heavy (non-hydrogen) atoms. The van der Waals surface area contributed by atoms with Gasteiger partial charge < -0.3 is 4.74 Å². The average Bonchev–Trinajstić information content (AvgIpc) is 3.02. The van der Waals surface area contributed by atoms with E-state index in [9.17, 15) is 0 Å². The zero-order valence-corrected chi connectivity index (χ0v) is 26.5. The van der Waals surface area contributed by atoms with E-state index in [1.807, 2.05) is 0 Å². The van der Waals surface area contributed by atoms with Gasteiger partial charge >= 0.3 is 0 Å². The van der Waals surface area contributed by atoms with Gasteiger partial charge in [-0.25, -0.2) is 0 Å². The third kappa shape index (κ3) is 7.16. The predicted octanol–water partition coefficient (Wildman–Crippen LogP) is 9.14. The lowest BCUT2D eigenvalue weighted by Gasteiger charge is -2.33. The van der Waals surface area contributed by atoms with Gasteiger partial charge in [-0.3, -0.25) is 0 Å². The Balaban J connectivity index is 1.50. The fraction of sp³-hybridized carbons (Fsp3) is 0.211. The molecule has 0 fully saturated rings. The zero-order chi connectivity index (χ0) is 28.7. The highest BCUT2D eigenvalue weighted by molar-refractivity contribution is 7.72. The highest BCUT2D eigenvalue weighted by Gasteiger charge is 2.31. The molecule has 1 nitrogen and oxygen atoms in total. The van der Waals surface area contributed by atoms with Gasteiger partial charge in [-0.15, -0.1) is 0 Å². The summed E-state index contributed by atoms with van der Waals surface area (Å²) >= 11 is 0. The molecule has 3 heteroatoms. The molecule has 0 aliphatic rings. The van der Waals surface area contributed by atoms with Crippen LogP contribution in [0.25, 0.3) is 0 Å². The van der Waals surface area contributed by atoms with Gasteiger partial charge in [0, 0.05) is 16.9 Å². The second-order valence-electron chi connectivity index (χ2n) is 11.0. The molecule has 0 heterocycles. The molecule has 0 saturated heterocycles. The molecule has 0 aliphatic carbocycles. The van der Waals surface area contributed by atoms with E-state index in [2.05, 4.69) is 155 Å². The van der Waals surface area contributed by atoms with Crippen molar-refractivity contribution < 1.29 is 4.74 Å². The van der Waals surface area contributed by atoms with Crippen LogP contribution in [0.2, 0.25) is 0 Å². The molecule has 2 unspecified atom stereocenters. The normalized spacial score (nSPS) is 13.0. The van der Waals surface area contributed by atoms with Crippen LogP contribution in [0.4, 0.5) is 0 Å². The van der Waals surface area contributed by atoms with Gasteiger partial charge in [0.2, 0.25) is 0 Å². The van der Waals surface area contributed by atoms with Crippen LogP contribution >= 0.6 is 16.5 Å². The van der Waals surface area contributed by atoms with Crippen molar-refractivity contribution in [2.24, 2.45) is 0 Å². The van der Waals surface area contributed by atoms with Crippen LogP contribution in [-0.4, -0.2) is 0 Å². The van der Waals surface area contributed by atoms with Crippen LogP contribution in [-0.2, 0) is 17.9 Å². The summed E-state index contributed by atoms with van der Waals surface area (Å²) in [7, 11) is 0.114. The van der Waals surface area contributed by atoms with Crippen molar-refractivity contribution in [3.05, 3.63) is 155 Å². The lowest BCUT2D eigenvalue weighted by Crippen LogP contribution is -2.23. The fourth-order valence-electron chi connectivity index (χ4n) is 5.32. The van der Waals surface area contributed by atoms with Crippen LogP contribution in [0.3, 0.4) is 0 Å². The first-order valence-corrected chi connectivity index (χ1v) is 17.0. The summed E-state index contributed by atoms with van der Waals surface area (Å²) in [6.07, 6.45) is 2.08. The summed E-state index contributed by atoms with van der Waals surface area (Å²) in [5.41, 5.74) is 6.64. The Labute approximate surface area is 249 Å². The van der Waals surface area contributed by atoms with Crippen LogP contribution in [0.1, 0.15) is 48.1 Å². The molecule has 0 spiro atoms. The second kappa shape index (κ2) is 13.6. The van der Waals surface area contributed by atoms with Crippen LogP contribution in [0, 0.1) is 13.8 Å². The van der Waals surface area contributed by atoms with Gasteiger partial charge in [0.1, 0.15) is 12.4 Å². The number of aryl methyl sites for hydroxylation is 2. The van der Waals surface area contributed by atoms with Gasteiger partial charge in [-0.2, -0.15) is 0 Å². The van der Waals surface area contributed by atoms with Crippen molar-refractivity contribution in [1.82, 2.24) is 0 Å². The van der Waals surface area contributed by atoms with E-state index < -0.39 is 7.92 Å². The van der Waals surface area contributed by atoms with E-state index >= 15 is 0 Å². The monoisotopic (exact) mass is 574 g/mol. The predicted molar refractivity (Wildman–Crippen MR) is 181 cm³/mol. The van der Waals surface area contributed by atoms with E-state index in [4.69, 9.17) is 4.74 Å². The van der Waals surface area contributed by atoms with Crippen LogP contribution < -0.4 is 20.7 Å². The molecule has 0 saturated carbocycles. The van der Waals surface area contributed by atoms with Crippen molar-refractivity contribution in [2.75, 3.05) is 0 Å². The maximum atomic E-state index is 6.51. The number of rotatable bonds is 11. The minimum Gasteiger partial charge on any atom is -0.489 e. The Kier molecular flexibility index (Phi) is 9.72. The maximum absolute atomic E-state index is 6.51. The number of ether oxygens (including phenoxy) is 1. The number of benzene rings is 5. The highest BCUT2D eigenvalue weighted by Crippen LogP contribution is 2.49. The minimum atomic E-state index is -0.519. The molecule has 2 atom stereocenters. The summed E-state index contributed by atoms with van der Waals surface area (Å²) in [6.45, 7) is 9.82. The van der Waals surface area contributed by atoms with E-state index in [-0.39, 0.29) is 5.16 Å². The third-order valence-corrected chi connectivity index (χ3v) is 12.5. The topological polar surface area (TPSA) is 9.23 Å². The summed E-state index contributed by atoms with van der Waals surface area (Å²) in [4.78, 5) is 0. The Morgan fingerprint density at radius 1 is 0.707 bits per heavy atom. The molecule has 0 aliphatic heterocycles. The fourth-order valence-corrected chi connectivity index (χ4v) is 9.47. The summed E-state index contributed by atoms with van der Waals surface area (Å²) < 4.78 is 6.51. The molecule has 0 radical (unpaired) electrons. The van der Waals surface area contributed by atoms with Gasteiger partial charge in [-0.05, 0) is 66.9 Å². The summed E-state index contributed by atoms with van der Waals surface area (Å²) in [6, 6.07) is 46.2. The maximum Gasteiger partial charge on any atom is 0.123 e.